The lowest BCUT2D eigenvalue weighted by Crippen LogP contribution is -2.18. The molecule has 0 unspecified atom stereocenters. The maximum absolute atomic E-state index is 13.4. The Hall–Kier alpha value is -2.70. The quantitative estimate of drug-likeness (QED) is 0.389. The average molecular weight is 405 g/mol. The molecule has 0 bridgehead atoms. The van der Waals surface area contributed by atoms with Crippen molar-refractivity contribution in [3.8, 4) is 5.69 Å². The number of hydrogen-bond donors (Lipinski definition) is 1. The van der Waals surface area contributed by atoms with E-state index < -0.39 is 11.7 Å². The number of carbonyl (C=O) groups excluding carboxylic acids is 1. The molecule has 2 heterocycles. The number of pyridine rings is 1. The van der Waals surface area contributed by atoms with Gasteiger partial charge in [-0.05, 0) is 50.2 Å². The number of aryl methyl sites for hydroxylation is 1. The van der Waals surface area contributed by atoms with E-state index in [-0.39, 0.29) is 15.7 Å². The highest BCUT2D eigenvalue weighted by Gasteiger charge is 2.12. The summed E-state index contributed by atoms with van der Waals surface area (Å²) in [5, 5.41) is 4.15. The number of rotatable bonds is 4. The van der Waals surface area contributed by atoms with E-state index in [0.29, 0.717) is 0 Å². The number of amides is 1. The fourth-order valence-electron chi connectivity index (χ4n) is 2.72. The van der Waals surface area contributed by atoms with Crippen molar-refractivity contribution in [2.24, 2.45) is 5.10 Å². The maximum Gasteiger partial charge on any atom is 0.274 e. The molecule has 0 radical (unpaired) electrons. The van der Waals surface area contributed by atoms with Gasteiger partial charge in [0.1, 0.15) is 11.0 Å². The summed E-state index contributed by atoms with van der Waals surface area (Å²) in [6.45, 7) is 3.81. The minimum absolute atomic E-state index is 0.0517. The third-order valence-corrected chi connectivity index (χ3v) is 4.60. The number of nitrogens with zero attached hydrogens (tertiary/aromatic N) is 3. The molecule has 0 spiro atoms. The highest BCUT2D eigenvalue weighted by Crippen LogP contribution is 2.24. The van der Waals surface area contributed by atoms with Crippen LogP contribution in [-0.4, -0.2) is 21.7 Å². The van der Waals surface area contributed by atoms with Crippen molar-refractivity contribution in [2.75, 3.05) is 0 Å². The van der Waals surface area contributed by atoms with Crippen molar-refractivity contribution in [2.45, 2.75) is 13.8 Å². The molecule has 0 saturated heterocycles. The number of carbonyl (C=O) groups is 1. The highest BCUT2D eigenvalue weighted by molar-refractivity contribution is 6.32. The molecule has 138 valence electrons. The Balaban J connectivity index is 1.82. The fraction of sp³-hybridized carbons (Fsp3) is 0.105. The predicted octanol–water partition coefficient (Wildman–Crippen LogP) is 4.70. The van der Waals surface area contributed by atoms with Gasteiger partial charge in [-0.15, -0.1) is 0 Å². The van der Waals surface area contributed by atoms with Crippen LogP contribution in [0.1, 0.15) is 27.3 Å². The van der Waals surface area contributed by atoms with Crippen LogP contribution in [0.15, 0.2) is 47.7 Å². The van der Waals surface area contributed by atoms with Gasteiger partial charge in [0, 0.05) is 28.8 Å². The van der Waals surface area contributed by atoms with Crippen LogP contribution < -0.4 is 5.43 Å². The van der Waals surface area contributed by atoms with Crippen LogP contribution in [0.5, 0.6) is 0 Å². The van der Waals surface area contributed by atoms with Crippen LogP contribution in [0, 0.1) is 19.7 Å². The average Bonchev–Trinajstić information content (AvgIpc) is 2.91. The van der Waals surface area contributed by atoms with Gasteiger partial charge in [-0.2, -0.15) is 5.10 Å². The number of halogens is 3. The van der Waals surface area contributed by atoms with Crippen LogP contribution in [0.2, 0.25) is 10.2 Å². The second kappa shape index (κ2) is 7.90. The molecular formula is C19H15Cl2FN4O. The molecule has 0 aliphatic rings. The number of aromatic nitrogens is 2. The van der Waals surface area contributed by atoms with Gasteiger partial charge in [0.05, 0.1) is 16.8 Å². The van der Waals surface area contributed by atoms with Crippen molar-refractivity contribution in [3.63, 3.8) is 0 Å². The van der Waals surface area contributed by atoms with Crippen molar-refractivity contribution < 1.29 is 9.18 Å². The fourth-order valence-corrected chi connectivity index (χ4v) is 3.10. The van der Waals surface area contributed by atoms with Crippen molar-refractivity contribution in [3.05, 3.63) is 81.1 Å². The minimum Gasteiger partial charge on any atom is -0.318 e. The van der Waals surface area contributed by atoms with Crippen molar-refractivity contribution >= 4 is 35.3 Å². The molecule has 1 aromatic carbocycles. The van der Waals surface area contributed by atoms with Gasteiger partial charge in [0.15, 0.2) is 0 Å². The smallest absolute Gasteiger partial charge is 0.274 e. The Morgan fingerprint density at radius 3 is 2.74 bits per heavy atom. The Morgan fingerprint density at radius 2 is 2.04 bits per heavy atom. The summed E-state index contributed by atoms with van der Waals surface area (Å²) in [6, 6.07) is 9.61. The largest absolute Gasteiger partial charge is 0.318 e. The normalized spacial score (nSPS) is 11.1. The molecule has 5 nitrogen and oxygen atoms in total. The summed E-state index contributed by atoms with van der Waals surface area (Å²) >= 11 is 11.8. The van der Waals surface area contributed by atoms with Crippen LogP contribution in [0.3, 0.4) is 0 Å². The monoisotopic (exact) mass is 404 g/mol. The number of benzene rings is 1. The third kappa shape index (κ3) is 4.02. The SMILES string of the molecule is Cc1cc(C=NNC(=O)c2cccnc2Cl)c(C)n1-c1ccc(F)c(Cl)c1. The van der Waals surface area contributed by atoms with E-state index in [4.69, 9.17) is 23.2 Å². The second-order valence-corrected chi connectivity index (χ2v) is 6.57. The van der Waals surface area contributed by atoms with Gasteiger partial charge >= 0.3 is 0 Å². The molecule has 3 rings (SSSR count). The number of hydrogen-bond acceptors (Lipinski definition) is 3. The van der Waals surface area contributed by atoms with E-state index in [0.717, 1.165) is 22.6 Å². The highest BCUT2D eigenvalue weighted by atomic mass is 35.5. The Morgan fingerprint density at radius 1 is 1.26 bits per heavy atom. The van der Waals surface area contributed by atoms with Gasteiger partial charge < -0.3 is 4.57 Å². The van der Waals surface area contributed by atoms with Gasteiger partial charge in [-0.3, -0.25) is 4.79 Å². The summed E-state index contributed by atoms with van der Waals surface area (Å²) in [5.41, 5.74) is 5.98. The first-order valence-electron chi connectivity index (χ1n) is 7.96. The lowest BCUT2D eigenvalue weighted by Gasteiger charge is -2.10. The predicted molar refractivity (Wildman–Crippen MR) is 105 cm³/mol. The zero-order chi connectivity index (χ0) is 19.6. The first-order chi connectivity index (χ1) is 12.9. The molecule has 8 heteroatoms. The summed E-state index contributed by atoms with van der Waals surface area (Å²) in [7, 11) is 0. The molecular weight excluding hydrogens is 390 g/mol. The summed E-state index contributed by atoms with van der Waals surface area (Å²) < 4.78 is 15.3. The Bertz CT molecular complexity index is 1050. The molecule has 2 aromatic heterocycles. The van der Waals surface area contributed by atoms with Crippen molar-refractivity contribution in [1.82, 2.24) is 15.0 Å². The van der Waals surface area contributed by atoms with Gasteiger partial charge in [0.25, 0.3) is 5.91 Å². The molecule has 3 aromatic rings. The topological polar surface area (TPSA) is 59.3 Å². The Labute approximate surface area is 165 Å². The molecule has 0 aliphatic carbocycles. The zero-order valence-corrected chi connectivity index (χ0v) is 16.0. The lowest BCUT2D eigenvalue weighted by molar-refractivity contribution is 0.0955. The van der Waals surface area contributed by atoms with Crippen LogP contribution >= 0.6 is 23.2 Å². The van der Waals surface area contributed by atoms with Crippen LogP contribution in [0.25, 0.3) is 5.69 Å². The zero-order valence-electron chi connectivity index (χ0n) is 14.5. The minimum atomic E-state index is -0.471. The third-order valence-electron chi connectivity index (χ3n) is 4.01. The molecule has 1 N–H and O–H groups in total. The van der Waals surface area contributed by atoms with Gasteiger partial charge in [-0.25, -0.2) is 14.8 Å². The van der Waals surface area contributed by atoms with E-state index in [1.807, 2.05) is 24.5 Å². The first-order valence-corrected chi connectivity index (χ1v) is 8.72. The van der Waals surface area contributed by atoms with E-state index in [2.05, 4.69) is 15.5 Å². The summed E-state index contributed by atoms with van der Waals surface area (Å²) in [4.78, 5) is 16.0. The maximum atomic E-state index is 13.4. The molecule has 0 saturated carbocycles. The van der Waals surface area contributed by atoms with Gasteiger partial charge in [-0.1, -0.05) is 23.2 Å². The van der Waals surface area contributed by atoms with Crippen molar-refractivity contribution in [1.29, 1.82) is 0 Å². The molecule has 0 atom stereocenters. The lowest BCUT2D eigenvalue weighted by atomic mass is 10.2. The summed E-state index contributed by atoms with van der Waals surface area (Å²) in [6.07, 6.45) is 3.03. The van der Waals surface area contributed by atoms with E-state index in [9.17, 15) is 9.18 Å². The number of nitrogens with one attached hydrogen (secondary N) is 1. The standard InChI is InChI=1S/C19H15Cl2FN4O/c1-11-8-13(10-24-25-19(27)15-4-3-7-23-18(15)21)12(2)26(11)14-5-6-17(22)16(20)9-14/h3-10H,1-2H3,(H,25,27). The Kier molecular flexibility index (Phi) is 5.58. The molecule has 27 heavy (non-hydrogen) atoms. The molecule has 0 fully saturated rings. The molecule has 1 amide bonds. The molecule has 0 aliphatic heterocycles. The first kappa shape index (κ1) is 19.1. The van der Waals surface area contributed by atoms with E-state index >= 15 is 0 Å². The van der Waals surface area contributed by atoms with Gasteiger partial charge in [0.2, 0.25) is 0 Å². The summed E-state index contributed by atoms with van der Waals surface area (Å²) in [5.74, 6) is -0.926. The van der Waals surface area contributed by atoms with Crippen LogP contribution in [-0.2, 0) is 0 Å². The van der Waals surface area contributed by atoms with Crippen LogP contribution in [0.4, 0.5) is 4.39 Å². The van der Waals surface area contributed by atoms with E-state index in [1.54, 1.807) is 24.3 Å². The second-order valence-electron chi connectivity index (χ2n) is 5.80. The number of hydrazone groups is 1. The van der Waals surface area contributed by atoms with E-state index in [1.165, 1.54) is 18.5 Å².